The van der Waals surface area contributed by atoms with Crippen molar-refractivity contribution in [3.63, 3.8) is 0 Å². The maximum absolute atomic E-state index is 13.3. The Balaban J connectivity index is 1.75. The van der Waals surface area contributed by atoms with Crippen LogP contribution in [0, 0.1) is 11.8 Å². The van der Waals surface area contributed by atoms with E-state index in [0.717, 1.165) is 18.7 Å². The Bertz CT molecular complexity index is 999. The summed E-state index contributed by atoms with van der Waals surface area (Å²) in [6.45, 7) is 2.22. The Morgan fingerprint density at radius 2 is 1.80 bits per heavy atom. The molecule has 4 rings (SSSR count). The van der Waals surface area contributed by atoms with E-state index in [1.54, 1.807) is 6.08 Å². The quantitative estimate of drug-likeness (QED) is 0.318. The van der Waals surface area contributed by atoms with Crippen molar-refractivity contribution in [3.8, 4) is 0 Å². The fourth-order valence-electron chi connectivity index (χ4n) is 4.25. The summed E-state index contributed by atoms with van der Waals surface area (Å²) in [4.78, 5) is 61.7. The van der Waals surface area contributed by atoms with Crippen LogP contribution in [-0.4, -0.2) is 52.8 Å². The molecular weight excluding hydrogens is 398 g/mol. The Hall–Kier alpha value is -3.53. The normalized spacial score (nSPS) is 28.8. The fourth-order valence-corrected chi connectivity index (χ4v) is 4.25. The third-order valence-corrected chi connectivity index (χ3v) is 5.34. The molecule has 4 atom stereocenters. The molecule has 2 saturated heterocycles. The standard InChI is InChI=1S/C20H17NO9/c1-9(22)28-19(29-10(2)23)20-7-6-13(30-20)14-15(20)17(25)21(16(14)24)12-5-3-4-11(8-12)18(26)27/h3-8,13-15,19H,1-2H3,(H,26,27)/t13-,14-,15-,20-/m1/s1. The van der Waals surface area contributed by atoms with Gasteiger partial charge in [-0.25, -0.2) is 9.69 Å². The highest BCUT2D eigenvalue weighted by atomic mass is 16.7. The molecule has 0 aromatic heterocycles. The molecule has 10 heteroatoms. The molecule has 1 aromatic rings. The summed E-state index contributed by atoms with van der Waals surface area (Å²) in [5.41, 5.74) is -1.64. The van der Waals surface area contributed by atoms with Crippen molar-refractivity contribution >= 4 is 35.4 Å². The number of carbonyl (C=O) groups excluding carboxylic acids is 4. The van der Waals surface area contributed by atoms with Gasteiger partial charge in [-0.1, -0.05) is 12.1 Å². The van der Waals surface area contributed by atoms with Crippen LogP contribution in [0.2, 0.25) is 0 Å². The van der Waals surface area contributed by atoms with Crippen LogP contribution in [0.5, 0.6) is 0 Å². The zero-order valence-electron chi connectivity index (χ0n) is 15.9. The van der Waals surface area contributed by atoms with Crippen molar-refractivity contribution in [1.82, 2.24) is 0 Å². The molecule has 3 aliphatic rings. The highest BCUT2D eigenvalue weighted by Gasteiger charge is 2.72. The van der Waals surface area contributed by atoms with Gasteiger partial charge in [-0.15, -0.1) is 0 Å². The summed E-state index contributed by atoms with van der Waals surface area (Å²) >= 11 is 0. The summed E-state index contributed by atoms with van der Waals surface area (Å²) in [6.07, 6.45) is 0.680. The molecule has 2 fully saturated rings. The van der Waals surface area contributed by atoms with Gasteiger partial charge < -0.3 is 19.3 Å². The van der Waals surface area contributed by atoms with Gasteiger partial charge in [0.15, 0.2) is 5.60 Å². The number of esters is 2. The van der Waals surface area contributed by atoms with Crippen LogP contribution >= 0.6 is 0 Å². The molecule has 2 amide bonds. The SMILES string of the molecule is CC(=O)OC(OC(C)=O)[C@]12C=C[C@@H](O1)[C@H]1C(=O)N(c3cccc(C(=O)O)c3)C(=O)[C@@H]12. The molecular formula is C20H17NO9. The van der Waals surface area contributed by atoms with Gasteiger partial charge in [-0.3, -0.25) is 19.2 Å². The Kier molecular flexibility index (Phi) is 4.46. The van der Waals surface area contributed by atoms with Crippen molar-refractivity contribution in [3.05, 3.63) is 42.0 Å². The predicted octanol–water partition coefficient (Wildman–Crippen LogP) is 0.650. The molecule has 156 valence electrons. The monoisotopic (exact) mass is 415 g/mol. The minimum atomic E-state index is -1.65. The number of aromatic carboxylic acids is 1. The largest absolute Gasteiger partial charge is 0.478 e. The summed E-state index contributed by atoms with van der Waals surface area (Å²) in [7, 11) is 0. The van der Waals surface area contributed by atoms with Crippen LogP contribution in [-0.2, 0) is 33.4 Å². The highest BCUT2D eigenvalue weighted by Crippen LogP contribution is 2.54. The van der Waals surface area contributed by atoms with Crippen molar-refractivity contribution in [2.45, 2.75) is 31.8 Å². The van der Waals surface area contributed by atoms with Crippen LogP contribution in [0.15, 0.2) is 36.4 Å². The second-order valence-corrected chi connectivity index (χ2v) is 7.22. The molecule has 2 bridgehead atoms. The predicted molar refractivity (Wildman–Crippen MR) is 96.9 cm³/mol. The molecule has 3 aliphatic heterocycles. The summed E-state index contributed by atoms with van der Waals surface area (Å²) in [6, 6.07) is 5.43. The second-order valence-electron chi connectivity index (χ2n) is 7.22. The van der Waals surface area contributed by atoms with Crippen molar-refractivity contribution in [2.75, 3.05) is 4.90 Å². The first kappa shape index (κ1) is 19.8. The number of amides is 2. The lowest BCUT2D eigenvalue weighted by molar-refractivity contribution is -0.226. The molecule has 0 aliphatic carbocycles. The third-order valence-electron chi connectivity index (χ3n) is 5.34. The second kappa shape index (κ2) is 6.77. The topological polar surface area (TPSA) is 137 Å². The number of anilines is 1. The number of nitrogens with zero attached hydrogens (tertiary/aromatic N) is 1. The van der Waals surface area contributed by atoms with Gasteiger partial charge in [0.1, 0.15) is 0 Å². The van der Waals surface area contributed by atoms with E-state index in [1.165, 1.54) is 30.3 Å². The van der Waals surface area contributed by atoms with E-state index in [4.69, 9.17) is 14.2 Å². The van der Waals surface area contributed by atoms with E-state index >= 15 is 0 Å². The fraction of sp³-hybridized carbons (Fsp3) is 0.350. The highest BCUT2D eigenvalue weighted by molar-refractivity contribution is 6.23. The molecule has 0 radical (unpaired) electrons. The molecule has 30 heavy (non-hydrogen) atoms. The molecule has 0 unspecified atom stereocenters. The molecule has 1 aromatic carbocycles. The lowest BCUT2D eigenvalue weighted by Crippen LogP contribution is -2.52. The van der Waals surface area contributed by atoms with E-state index in [2.05, 4.69) is 0 Å². The van der Waals surface area contributed by atoms with Crippen molar-refractivity contribution in [2.24, 2.45) is 11.8 Å². The van der Waals surface area contributed by atoms with Crippen molar-refractivity contribution < 1.29 is 43.3 Å². The number of imide groups is 1. The maximum Gasteiger partial charge on any atom is 0.335 e. The van der Waals surface area contributed by atoms with Crippen molar-refractivity contribution in [1.29, 1.82) is 0 Å². The van der Waals surface area contributed by atoms with Crippen LogP contribution < -0.4 is 4.90 Å². The smallest absolute Gasteiger partial charge is 0.335 e. The number of rotatable bonds is 5. The molecule has 0 spiro atoms. The lowest BCUT2D eigenvalue weighted by Gasteiger charge is -2.34. The number of benzene rings is 1. The Morgan fingerprint density at radius 3 is 2.40 bits per heavy atom. The number of carbonyl (C=O) groups is 5. The number of carboxylic acid groups (broad SMARTS) is 1. The molecule has 3 heterocycles. The van der Waals surface area contributed by atoms with E-state index < -0.39 is 59.6 Å². The summed E-state index contributed by atoms with van der Waals surface area (Å²) in [5, 5.41) is 9.21. The van der Waals surface area contributed by atoms with E-state index in [9.17, 15) is 29.1 Å². The number of fused-ring (bicyclic) bond motifs is 5. The van der Waals surface area contributed by atoms with Gasteiger partial charge in [0.2, 0.25) is 11.8 Å². The van der Waals surface area contributed by atoms with Crippen LogP contribution in [0.3, 0.4) is 0 Å². The Morgan fingerprint density at radius 1 is 1.13 bits per heavy atom. The van der Waals surface area contributed by atoms with Gasteiger partial charge in [-0.2, -0.15) is 0 Å². The summed E-state index contributed by atoms with van der Waals surface area (Å²) in [5.74, 6) is -6.01. The average Bonchev–Trinajstić information content (AvgIpc) is 3.32. The first-order chi connectivity index (χ1) is 14.2. The van der Waals surface area contributed by atoms with Crippen LogP contribution in [0.25, 0.3) is 0 Å². The minimum Gasteiger partial charge on any atom is -0.478 e. The van der Waals surface area contributed by atoms with Gasteiger partial charge in [-0.05, 0) is 24.3 Å². The van der Waals surface area contributed by atoms with E-state index in [1.807, 2.05) is 0 Å². The Labute approximate surface area is 170 Å². The molecule has 1 N–H and O–H groups in total. The summed E-state index contributed by atoms with van der Waals surface area (Å²) < 4.78 is 16.1. The lowest BCUT2D eigenvalue weighted by atomic mass is 9.76. The average molecular weight is 415 g/mol. The maximum atomic E-state index is 13.3. The van der Waals surface area contributed by atoms with Gasteiger partial charge in [0.05, 0.1) is 29.2 Å². The number of hydrogen-bond donors (Lipinski definition) is 1. The molecule has 10 nitrogen and oxygen atoms in total. The zero-order valence-corrected chi connectivity index (χ0v) is 15.9. The first-order valence-electron chi connectivity index (χ1n) is 9.08. The first-order valence-corrected chi connectivity index (χ1v) is 9.08. The molecule has 0 saturated carbocycles. The number of carboxylic acids is 1. The van der Waals surface area contributed by atoms with E-state index in [0.29, 0.717) is 0 Å². The number of ether oxygens (including phenoxy) is 3. The van der Waals surface area contributed by atoms with E-state index in [-0.39, 0.29) is 11.3 Å². The van der Waals surface area contributed by atoms with Crippen LogP contribution in [0.4, 0.5) is 5.69 Å². The number of hydrogen-bond acceptors (Lipinski definition) is 8. The van der Waals surface area contributed by atoms with Crippen LogP contribution in [0.1, 0.15) is 24.2 Å². The van der Waals surface area contributed by atoms with Gasteiger partial charge >= 0.3 is 17.9 Å². The zero-order chi connectivity index (χ0) is 21.8. The van der Waals surface area contributed by atoms with Gasteiger partial charge in [0.25, 0.3) is 6.29 Å². The third kappa shape index (κ3) is 2.79. The minimum absolute atomic E-state index is 0.0880. The van der Waals surface area contributed by atoms with Gasteiger partial charge in [0, 0.05) is 13.8 Å².